The van der Waals surface area contributed by atoms with Crippen molar-refractivity contribution in [3.05, 3.63) is 35.1 Å². The molecule has 0 fully saturated rings. The topological polar surface area (TPSA) is 56.1 Å². The van der Waals surface area contributed by atoms with Gasteiger partial charge in [0.1, 0.15) is 5.82 Å². The second-order valence-corrected chi connectivity index (χ2v) is 4.63. The van der Waals surface area contributed by atoms with Crippen molar-refractivity contribution in [2.45, 2.75) is 13.5 Å². The van der Waals surface area contributed by atoms with Crippen LogP contribution in [0.25, 0.3) is 0 Å². The molecule has 1 aromatic carbocycles. The van der Waals surface area contributed by atoms with E-state index < -0.39 is 0 Å². The predicted molar refractivity (Wildman–Crippen MR) is 70.7 cm³/mol. The molecule has 0 saturated heterocycles. The van der Waals surface area contributed by atoms with Gasteiger partial charge in [-0.3, -0.25) is 4.79 Å². The monoisotopic (exact) mass is 263 g/mol. The van der Waals surface area contributed by atoms with Crippen LogP contribution in [0.2, 0.25) is 0 Å². The molecule has 1 unspecified atom stereocenters. The van der Waals surface area contributed by atoms with Gasteiger partial charge in [-0.1, -0.05) is 6.92 Å². The Morgan fingerprint density at radius 2 is 2.26 bits per heavy atom. The highest BCUT2D eigenvalue weighted by molar-refractivity contribution is 5.78. The molecular weight excluding hydrogens is 245 g/mol. The minimum Gasteiger partial charge on any atom is -0.359 e. The molecule has 5 heteroatoms. The van der Waals surface area contributed by atoms with Crippen LogP contribution in [0.3, 0.4) is 0 Å². The molecule has 0 aliphatic heterocycles. The largest absolute Gasteiger partial charge is 0.359 e. The van der Waals surface area contributed by atoms with Crippen LogP contribution in [-0.2, 0) is 11.3 Å². The Labute approximate surface area is 112 Å². The number of benzene rings is 1. The number of carbonyl (C=O) groups excluding carboxylic acids is 1. The lowest BCUT2D eigenvalue weighted by atomic mass is 10.1. The summed E-state index contributed by atoms with van der Waals surface area (Å²) in [5, 5.41) is 11.4. The van der Waals surface area contributed by atoms with Crippen LogP contribution in [0.5, 0.6) is 0 Å². The molecule has 0 heterocycles. The van der Waals surface area contributed by atoms with Gasteiger partial charge in [-0.25, -0.2) is 4.39 Å². The Hall–Kier alpha value is -1.93. The highest BCUT2D eigenvalue weighted by Crippen LogP contribution is 2.13. The smallest absolute Gasteiger partial charge is 0.223 e. The van der Waals surface area contributed by atoms with Crippen LogP contribution in [0.15, 0.2) is 18.2 Å². The average molecular weight is 263 g/mol. The van der Waals surface area contributed by atoms with Crippen LogP contribution in [0, 0.1) is 23.1 Å². The number of nitriles is 1. The van der Waals surface area contributed by atoms with E-state index in [4.69, 9.17) is 5.26 Å². The van der Waals surface area contributed by atoms with E-state index in [0.717, 1.165) is 0 Å². The minimum atomic E-state index is -0.335. The lowest BCUT2D eigenvalue weighted by Gasteiger charge is -2.20. The van der Waals surface area contributed by atoms with E-state index in [-0.39, 0.29) is 17.6 Å². The number of amides is 1. The molecule has 0 saturated carbocycles. The number of carbonyl (C=O) groups is 1. The van der Waals surface area contributed by atoms with Crippen molar-refractivity contribution in [2.24, 2.45) is 5.92 Å². The summed E-state index contributed by atoms with van der Waals surface area (Å²) in [6, 6.07) is 6.27. The number of nitrogens with one attached hydrogen (secondary N) is 1. The zero-order valence-electron chi connectivity index (χ0n) is 11.4. The van der Waals surface area contributed by atoms with Crippen molar-refractivity contribution in [3.63, 3.8) is 0 Å². The first-order valence-corrected chi connectivity index (χ1v) is 6.06. The van der Waals surface area contributed by atoms with Gasteiger partial charge in [-0.05, 0) is 25.2 Å². The van der Waals surface area contributed by atoms with E-state index in [1.165, 1.54) is 18.2 Å². The SMILES string of the molecule is CNC(=O)C(C)CN(C)Cc1cc(C#N)ccc1F. The molecule has 0 aliphatic carbocycles. The van der Waals surface area contributed by atoms with Crippen LogP contribution in [-0.4, -0.2) is 31.4 Å². The predicted octanol–water partition coefficient (Wildman–Crippen LogP) is 1.51. The summed E-state index contributed by atoms with van der Waals surface area (Å²) in [7, 11) is 3.41. The molecule has 0 radical (unpaired) electrons. The molecule has 4 nitrogen and oxygen atoms in total. The highest BCUT2D eigenvalue weighted by atomic mass is 19.1. The lowest BCUT2D eigenvalue weighted by Crippen LogP contribution is -2.34. The van der Waals surface area contributed by atoms with E-state index >= 15 is 0 Å². The maximum Gasteiger partial charge on any atom is 0.223 e. The maximum atomic E-state index is 13.6. The van der Waals surface area contributed by atoms with Crippen LogP contribution >= 0.6 is 0 Å². The summed E-state index contributed by atoms with van der Waals surface area (Å²) < 4.78 is 13.6. The Bertz CT molecular complexity index is 496. The number of rotatable bonds is 5. The summed E-state index contributed by atoms with van der Waals surface area (Å²) in [6.07, 6.45) is 0. The van der Waals surface area contributed by atoms with E-state index in [1.807, 2.05) is 24.9 Å². The van der Waals surface area contributed by atoms with Crippen LogP contribution in [0.4, 0.5) is 4.39 Å². The van der Waals surface area contributed by atoms with Gasteiger partial charge >= 0.3 is 0 Å². The zero-order chi connectivity index (χ0) is 14.4. The van der Waals surface area contributed by atoms with Crippen molar-refractivity contribution < 1.29 is 9.18 Å². The van der Waals surface area contributed by atoms with Crippen LogP contribution < -0.4 is 5.32 Å². The molecule has 1 amide bonds. The summed E-state index contributed by atoms with van der Waals surface area (Å²) in [4.78, 5) is 13.3. The van der Waals surface area contributed by atoms with Gasteiger partial charge in [0.25, 0.3) is 0 Å². The van der Waals surface area contributed by atoms with Crippen molar-refractivity contribution >= 4 is 5.91 Å². The number of hydrogen-bond acceptors (Lipinski definition) is 3. The van der Waals surface area contributed by atoms with Gasteiger partial charge in [0.05, 0.1) is 11.6 Å². The minimum absolute atomic E-state index is 0.0434. The summed E-state index contributed by atoms with van der Waals surface area (Å²) in [5.41, 5.74) is 0.898. The second kappa shape index (κ2) is 6.86. The van der Waals surface area contributed by atoms with Crippen molar-refractivity contribution in [1.29, 1.82) is 5.26 Å². The van der Waals surface area contributed by atoms with Gasteiger partial charge < -0.3 is 10.2 Å². The molecule has 1 rings (SSSR count). The Morgan fingerprint density at radius 1 is 1.58 bits per heavy atom. The number of hydrogen-bond donors (Lipinski definition) is 1. The zero-order valence-corrected chi connectivity index (χ0v) is 11.4. The van der Waals surface area contributed by atoms with Crippen molar-refractivity contribution in [3.8, 4) is 6.07 Å². The first-order valence-electron chi connectivity index (χ1n) is 6.06. The Kier molecular flexibility index (Phi) is 5.46. The lowest BCUT2D eigenvalue weighted by molar-refractivity contribution is -0.124. The third-order valence-corrected chi connectivity index (χ3v) is 2.89. The third kappa shape index (κ3) is 4.34. The third-order valence-electron chi connectivity index (χ3n) is 2.89. The molecule has 1 aromatic rings. The normalized spacial score (nSPS) is 12.0. The molecule has 102 valence electrons. The molecule has 0 aliphatic rings. The summed E-state index contributed by atoms with van der Waals surface area (Å²) in [6.45, 7) is 2.70. The van der Waals surface area contributed by atoms with Gasteiger partial charge in [0, 0.05) is 31.6 Å². The highest BCUT2D eigenvalue weighted by Gasteiger charge is 2.15. The van der Waals surface area contributed by atoms with E-state index in [0.29, 0.717) is 24.2 Å². The first-order chi connectivity index (χ1) is 8.97. The second-order valence-electron chi connectivity index (χ2n) is 4.63. The first kappa shape index (κ1) is 15.1. The molecule has 1 atom stereocenters. The molecule has 0 spiro atoms. The Morgan fingerprint density at radius 3 is 2.84 bits per heavy atom. The average Bonchev–Trinajstić information content (AvgIpc) is 2.40. The van der Waals surface area contributed by atoms with E-state index in [9.17, 15) is 9.18 Å². The van der Waals surface area contributed by atoms with Gasteiger partial charge in [-0.2, -0.15) is 5.26 Å². The van der Waals surface area contributed by atoms with Crippen LogP contribution in [0.1, 0.15) is 18.1 Å². The Balaban J connectivity index is 2.69. The van der Waals surface area contributed by atoms with Crippen molar-refractivity contribution in [2.75, 3.05) is 20.6 Å². The van der Waals surface area contributed by atoms with Gasteiger partial charge in [-0.15, -0.1) is 0 Å². The number of nitrogens with zero attached hydrogens (tertiary/aromatic N) is 2. The maximum absolute atomic E-state index is 13.6. The van der Waals surface area contributed by atoms with Gasteiger partial charge in [0.2, 0.25) is 5.91 Å². The van der Waals surface area contributed by atoms with Gasteiger partial charge in [0.15, 0.2) is 0 Å². The number of halogens is 1. The fourth-order valence-electron chi connectivity index (χ4n) is 1.92. The molecule has 0 aromatic heterocycles. The fraction of sp³-hybridized carbons (Fsp3) is 0.429. The molecule has 19 heavy (non-hydrogen) atoms. The van der Waals surface area contributed by atoms with Crippen molar-refractivity contribution in [1.82, 2.24) is 10.2 Å². The van der Waals surface area contributed by atoms with E-state index in [1.54, 1.807) is 7.05 Å². The molecular formula is C14H18FN3O. The summed E-state index contributed by atoms with van der Waals surface area (Å²) >= 11 is 0. The molecule has 1 N–H and O–H groups in total. The fourth-order valence-corrected chi connectivity index (χ4v) is 1.92. The quantitative estimate of drug-likeness (QED) is 0.876. The van der Waals surface area contributed by atoms with E-state index in [2.05, 4.69) is 5.32 Å². The standard InChI is InChI=1S/C14H18FN3O/c1-10(14(19)17-2)8-18(3)9-12-6-11(7-16)4-5-13(12)15/h4-6,10H,8-9H2,1-3H3,(H,17,19). The molecule has 0 bridgehead atoms. The summed E-state index contributed by atoms with van der Waals surface area (Å²) in [5.74, 6) is -0.547.